The van der Waals surface area contributed by atoms with Crippen molar-refractivity contribution in [3.63, 3.8) is 0 Å². The summed E-state index contributed by atoms with van der Waals surface area (Å²) >= 11 is 0. The molecule has 0 radical (unpaired) electrons. The number of anilines is 1. The van der Waals surface area contributed by atoms with E-state index in [2.05, 4.69) is 30.7 Å². The Balaban J connectivity index is 2.12. The summed E-state index contributed by atoms with van der Waals surface area (Å²) in [5, 5.41) is 0. The number of nitrogen functional groups attached to an aromatic ring is 1. The van der Waals surface area contributed by atoms with E-state index < -0.39 is 0 Å². The Morgan fingerprint density at radius 1 is 1.32 bits per heavy atom. The molecule has 19 heavy (non-hydrogen) atoms. The molecule has 2 rings (SSSR count). The standard InChI is InChI=1S/C14H23N3O2/c1-4-5-12-13(15)16-8-17-14(12)19-11-6-9(2)18-10(3)7-11/h8-11H,4-7H2,1-3H3,(H2,15,16,17). The lowest BCUT2D eigenvalue weighted by Gasteiger charge is -2.32. The zero-order valence-corrected chi connectivity index (χ0v) is 11.9. The summed E-state index contributed by atoms with van der Waals surface area (Å²) in [6, 6.07) is 0. The number of hydrogen-bond acceptors (Lipinski definition) is 5. The van der Waals surface area contributed by atoms with Crippen molar-refractivity contribution in [3.8, 4) is 5.88 Å². The van der Waals surface area contributed by atoms with Crippen molar-refractivity contribution >= 4 is 5.82 Å². The Bertz CT molecular complexity index is 415. The molecule has 1 saturated heterocycles. The fourth-order valence-electron chi connectivity index (χ4n) is 2.59. The molecule has 2 atom stereocenters. The molecule has 1 aliphatic rings. The summed E-state index contributed by atoms with van der Waals surface area (Å²) in [6.07, 6.45) is 5.68. The van der Waals surface area contributed by atoms with Gasteiger partial charge in [0.2, 0.25) is 5.88 Å². The summed E-state index contributed by atoms with van der Waals surface area (Å²) in [4.78, 5) is 8.29. The highest BCUT2D eigenvalue weighted by Crippen LogP contribution is 2.27. The predicted molar refractivity (Wildman–Crippen MR) is 74.1 cm³/mol. The summed E-state index contributed by atoms with van der Waals surface area (Å²) in [5.41, 5.74) is 6.84. The number of nitrogens with two attached hydrogens (primary N) is 1. The minimum absolute atomic E-state index is 0.142. The Labute approximate surface area is 114 Å². The molecule has 5 nitrogen and oxygen atoms in total. The number of ether oxygens (including phenoxy) is 2. The van der Waals surface area contributed by atoms with Gasteiger partial charge in [0.1, 0.15) is 18.2 Å². The van der Waals surface area contributed by atoms with Crippen molar-refractivity contribution in [2.75, 3.05) is 5.73 Å². The molecule has 106 valence electrons. The van der Waals surface area contributed by atoms with Gasteiger partial charge in [-0.05, 0) is 20.3 Å². The quantitative estimate of drug-likeness (QED) is 0.904. The maximum Gasteiger partial charge on any atom is 0.222 e. The molecular formula is C14H23N3O2. The van der Waals surface area contributed by atoms with Gasteiger partial charge >= 0.3 is 0 Å². The molecule has 1 fully saturated rings. The van der Waals surface area contributed by atoms with Crippen LogP contribution in [0.1, 0.15) is 45.6 Å². The third-order valence-electron chi connectivity index (χ3n) is 3.37. The van der Waals surface area contributed by atoms with Gasteiger partial charge in [-0.25, -0.2) is 9.97 Å². The van der Waals surface area contributed by atoms with E-state index >= 15 is 0 Å². The Morgan fingerprint density at radius 3 is 2.63 bits per heavy atom. The lowest BCUT2D eigenvalue weighted by Crippen LogP contribution is -2.36. The zero-order chi connectivity index (χ0) is 13.8. The van der Waals surface area contributed by atoms with Gasteiger partial charge < -0.3 is 15.2 Å². The summed E-state index contributed by atoms with van der Waals surface area (Å²) in [6.45, 7) is 6.26. The fraction of sp³-hybridized carbons (Fsp3) is 0.714. The van der Waals surface area contributed by atoms with Crippen LogP contribution in [0.15, 0.2) is 6.33 Å². The van der Waals surface area contributed by atoms with Crippen LogP contribution in [0.5, 0.6) is 5.88 Å². The second kappa shape index (κ2) is 6.19. The third-order valence-corrected chi connectivity index (χ3v) is 3.37. The van der Waals surface area contributed by atoms with Crippen LogP contribution in [0.3, 0.4) is 0 Å². The molecule has 0 spiro atoms. The van der Waals surface area contributed by atoms with Gasteiger partial charge in [-0.2, -0.15) is 0 Å². The van der Waals surface area contributed by atoms with E-state index in [1.165, 1.54) is 6.33 Å². The SMILES string of the molecule is CCCc1c(N)ncnc1OC1CC(C)OC(C)C1. The van der Waals surface area contributed by atoms with Crippen molar-refractivity contribution in [1.29, 1.82) is 0 Å². The highest BCUT2D eigenvalue weighted by molar-refractivity contribution is 5.44. The van der Waals surface area contributed by atoms with Gasteiger partial charge in [-0.3, -0.25) is 0 Å². The van der Waals surface area contributed by atoms with Gasteiger partial charge in [0.25, 0.3) is 0 Å². The lowest BCUT2D eigenvalue weighted by atomic mass is 10.0. The molecule has 2 N–H and O–H groups in total. The van der Waals surface area contributed by atoms with Crippen molar-refractivity contribution < 1.29 is 9.47 Å². The molecule has 1 aliphatic heterocycles. The Kier molecular flexibility index (Phi) is 4.58. The first-order valence-corrected chi connectivity index (χ1v) is 7.01. The van der Waals surface area contributed by atoms with E-state index in [0.717, 1.165) is 31.2 Å². The summed E-state index contributed by atoms with van der Waals surface area (Å²) in [5.74, 6) is 1.17. The third kappa shape index (κ3) is 3.56. The fourth-order valence-corrected chi connectivity index (χ4v) is 2.59. The van der Waals surface area contributed by atoms with E-state index in [-0.39, 0.29) is 18.3 Å². The highest BCUT2D eigenvalue weighted by atomic mass is 16.5. The van der Waals surface area contributed by atoms with Crippen LogP contribution in [0, 0.1) is 0 Å². The molecule has 1 aromatic rings. The van der Waals surface area contributed by atoms with Crippen LogP contribution in [0.25, 0.3) is 0 Å². The van der Waals surface area contributed by atoms with Crippen LogP contribution >= 0.6 is 0 Å². The van der Waals surface area contributed by atoms with E-state index in [1.807, 2.05) is 0 Å². The normalized spacial score (nSPS) is 27.2. The van der Waals surface area contributed by atoms with Crippen LogP contribution in [0.2, 0.25) is 0 Å². The summed E-state index contributed by atoms with van der Waals surface area (Å²) in [7, 11) is 0. The lowest BCUT2D eigenvalue weighted by molar-refractivity contribution is -0.0731. The Morgan fingerprint density at radius 2 is 2.00 bits per heavy atom. The average Bonchev–Trinajstić information content (AvgIpc) is 2.32. The van der Waals surface area contributed by atoms with Crippen LogP contribution < -0.4 is 10.5 Å². The maximum absolute atomic E-state index is 6.05. The van der Waals surface area contributed by atoms with Gasteiger partial charge in [-0.15, -0.1) is 0 Å². The van der Waals surface area contributed by atoms with E-state index in [4.69, 9.17) is 15.2 Å². The van der Waals surface area contributed by atoms with Gasteiger partial charge in [0.15, 0.2) is 0 Å². The van der Waals surface area contributed by atoms with E-state index in [9.17, 15) is 0 Å². The largest absolute Gasteiger partial charge is 0.474 e. The molecule has 0 aromatic carbocycles. The molecule has 0 saturated carbocycles. The number of hydrogen-bond donors (Lipinski definition) is 1. The molecule has 2 heterocycles. The van der Waals surface area contributed by atoms with E-state index in [1.54, 1.807) is 0 Å². The molecule has 0 bridgehead atoms. The van der Waals surface area contributed by atoms with Crippen LogP contribution in [0.4, 0.5) is 5.82 Å². The highest BCUT2D eigenvalue weighted by Gasteiger charge is 2.27. The monoisotopic (exact) mass is 265 g/mol. The first-order chi connectivity index (χ1) is 9.10. The minimum atomic E-state index is 0.142. The van der Waals surface area contributed by atoms with Gasteiger partial charge in [0.05, 0.1) is 17.8 Å². The average molecular weight is 265 g/mol. The van der Waals surface area contributed by atoms with E-state index in [0.29, 0.717) is 11.7 Å². The molecule has 0 amide bonds. The second-order valence-electron chi connectivity index (χ2n) is 5.26. The zero-order valence-electron chi connectivity index (χ0n) is 11.9. The van der Waals surface area contributed by atoms with Crippen molar-refractivity contribution in [2.45, 2.75) is 64.8 Å². The molecular weight excluding hydrogens is 242 g/mol. The molecule has 1 aromatic heterocycles. The Hall–Kier alpha value is -1.36. The number of aromatic nitrogens is 2. The molecule has 2 unspecified atom stereocenters. The van der Waals surface area contributed by atoms with Crippen molar-refractivity contribution in [2.24, 2.45) is 0 Å². The summed E-state index contributed by atoms with van der Waals surface area (Å²) < 4.78 is 11.8. The topological polar surface area (TPSA) is 70.3 Å². The number of rotatable bonds is 4. The molecule has 5 heteroatoms. The van der Waals surface area contributed by atoms with Crippen molar-refractivity contribution in [1.82, 2.24) is 9.97 Å². The molecule has 0 aliphatic carbocycles. The van der Waals surface area contributed by atoms with Gasteiger partial charge in [0, 0.05) is 12.8 Å². The smallest absolute Gasteiger partial charge is 0.222 e. The first-order valence-electron chi connectivity index (χ1n) is 7.01. The van der Waals surface area contributed by atoms with Crippen LogP contribution in [-0.2, 0) is 11.2 Å². The predicted octanol–water partition coefficient (Wildman–Crippen LogP) is 2.35. The maximum atomic E-state index is 6.05. The second-order valence-corrected chi connectivity index (χ2v) is 5.26. The van der Waals surface area contributed by atoms with Crippen molar-refractivity contribution in [3.05, 3.63) is 11.9 Å². The van der Waals surface area contributed by atoms with Crippen LogP contribution in [-0.4, -0.2) is 28.3 Å². The first kappa shape index (κ1) is 14.1. The van der Waals surface area contributed by atoms with Gasteiger partial charge in [-0.1, -0.05) is 13.3 Å². The number of nitrogens with zero attached hydrogens (tertiary/aromatic N) is 2. The minimum Gasteiger partial charge on any atom is -0.474 e.